The average Bonchev–Trinajstić information content (AvgIpc) is 2.81. The van der Waals surface area contributed by atoms with Gasteiger partial charge in [0.1, 0.15) is 12.4 Å². The molecule has 0 aliphatic carbocycles. The number of thiazole rings is 1. The van der Waals surface area contributed by atoms with E-state index < -0.39 is 0 Å². The minimum atomic E-state index is 0.496. The zero-order valence-electron chi connectivity index (χ0n) is 13.5. The lowest BCUT2D eigenvalue weighted by atomic mass is 10.1. The Bertz CT molecular complexity index is 582. The van der Waals surface area contributed by atoms with Gasteiger partial charge >= 0.3 is 0 Å². The molecule has 1 N–H and O–H groups in total. The van der Waals surface area contributed by atoms with Gasteiger partial charge in [-0.3, -0.25) is 0 Å². The van der Waals surface area contributed by atoms with Gasteiger partial charge in [0.25, 0.3) is 0 Å². The molecule has 0 saturated heterocycles. The molecule has 0 unspecified atom stereocenters. The predicted molar refractivity (Wildman–Crippen MR) is 89.1 cm³/mol. The van der Waals surface area contributed by atoms with Crippen molar-refractivity contribution in [3.8, 4) is 5.75 Å². The van der Waals surface area contributed by atoms with Gasteiger partial charge in [-0.05, 0) is 37.5 Å². The van der Waals surface area contributed by atoms with Gasteiger partial charge in [0, 0.05) is 18.8 Å². The number of ether oxygens (including phenoxy) is 1. The Balaban J connectivity index is 2.06. The van der Waals surface area contributed by atoms with Crippen molar-refractivity contribution in [1.29, 1.82) is 0 Å². The van der Waals surface area contributed by atoms with E-state index in [2.05, 4.69) is 50.1 Å². The number of aromatic nitrogens is 1. The highest BCUT2D eigenvalue weighted by molar-refractivity contribution is 7.11. The van der Waals surface area contributed by atoms with Crippen LogP contribution in [0.4, 0.5) is 0 Å². The second-order valence-corrected chi connectivity index (χ2v) is 7.05. The molecule has 0 bridgehead atoms. The number of benzene rings is 1. The standard InChI is InChI=1S/C17H24N2OS/c1-11(2)18-8-15-6-12(3)17(13(4)7-15)20-10-16-9-19-14(5)21-16/h6-7,9,11,18H,8,10H2,1-5H3. The quantitative estimate of drug-likeness (QED) is 0.870. The van der Waals surface area contributed by atoms with Crippen LogP contribution in [0.3, 0.4) is 0 Å². The SMILES string of the molecule is Cc1ncc(COc2c(C)cc(CNC(C)C)cc2C)s1. The fraction of sp³-hybridized carbons (Fsp3) is 0.471. The molecule has 1 heterocycles. The highest BCUT2D eigenvalue weighted by Crippen LogP contribution is 2.26. The van der Waals surface area contributed by atoms with E-state index in [1.54, 1.807) is 11.3 Å². The second kappa shape index (κ2) is 7.05. The van der Waals surface area contributed by atoms with E-state index in [0.29, 0.717) is 12.6 Å². The van der Waals surface area contributed by atoms with Crippen molar-refractivity contribution in [2.24, 2.45) is 0 Å². The molecule has 1 aromatic heterocycles. The van der Waals surface area contributed by atoms with Gasteiger partial charge in [-0.15, -0.1) is 11.3 Å². The maximum Gasteiger partial charge on any atom is 0.125 e. The number of hydrogen-bond donors (Lipinski definition) is 1. The molecule has 0 atom stereocenters. The molecule has 0 fully saturated rings. The number of nitrogens with zero attached hydrogens (tertiary/aromatic N) is 1. The molecule has 0 amide bonds. The van der Waals surface area contributed by atoms with Crippen molar-refractivity contribution in [3.05, 3.63) is 44.9 Å². The fourth-order valence-corrected chi connectivity index (χ4v) is 3.02. The molecule has 0 aliphatic heterocycles. The van der Waals surface area contributed by atoms with Crippen LogP contribution >= 0.6 is 11.3 Å². The number of hydrogen-bond acceptors (Lipinski definition) is 4. The summed E-state index contributed by atoms with van der Waals surface area (Å²) in [5.41, 5.74) is 3.69. The monoisotopic (exact) mass is 304 g/mol. The maximum atomic E-state index is 6.00. The van der Waals surface area contributed by atoms with E-state index in [0.717, 1.165) is 22.2 Å². The first kappa shape index (κ1) is 16.0. The Morgan fingerprint density at radius 1 is 1.19 bits per heavy atom. The molecule has 3 nitrogen and oxygen atoms in total. The molecule has 0 saturated carbocycles. The van der Waals surface area contributed by atoms with Crippen LogP contribution in [0.25, 0.3) is 0 Å². The highest BCUT2D eigenvalue weighted by Gasteiger charge is 2.08. The molecule has 1 aromatic carbocycles. The Labute approximate surface area is 131 Å². The number of nitrogens with one attached hydrogen (secondary N) is 1. The average molecular weight is 304 g/mol. The van der Waals surface area contributed by atoms with Crippen LogP contribution in [-0.2, 0) is 13.2 Å². The second-order valence-electron chi connectivity index (χ2n) is 5.73. The summed E-state index contributed by atoms with van der Waals surface area (Å²) in [6.45, 7) is 12.0. The first-order chi connectivity index (χ1) is 9.95. The molecule has 2 rings (SSSR count). The molecule has 0 spiro atoms. The van der Waals surface area contributed by atoms with E-state index in [1.807, 2.05) is 13.1 Å². The third-order valence-corrected chi connectivity index (χ3v) is 4.15. The lowest BCUT2D eigenvalue weighted by Gasteiger charge is -2.15. The van der Waals surface area contributed by atoms with Gasteiger partial charge < -0.3 is 10.1 Å². The Morgan fingerprint density at radius 3 is 2.38 bits per heavy atom. The zero-order valence-corrected chi connectivity index (χ0v) is 14.3. The normalized spacial score (nSPS) is 11.1. The first-order valence-corrected chi connectivity index (χ1v) is 8.15. The molecule has 0 aliphatic rings. The molecule has 114 valence electrons. The van der Waals surface area contributed by atoms with E-state index in [4.69, 9.17) is 4.74 Å². The van der Waals surface area contributed by atoms with Crippen molar-refractivity contribution in [1.82, 2.24) is 10.3 Å². The van der Waals surface area contributed by atoms with Crippen LogP contribution in [0.2, 0.25) is 0 Å². The molecular weight excluding hydrogens is 280 g/mol. The number of rotatable bonds is 6. The Hall–Kier alpha value is -1.39. The summed E-state index contributed by atoms with van der Waals surface area (Å²) in [5, 5.41) is 4.53. The maximum absolute atomic E-state index is 6.00. The van der Waals surface area contributed by atoms with Crippen LogP contribution in [0.5, 0.6) is 5.75 Å². The first-order valence-electron chi connectivity index (χ1n) is 7.33. The smallest absolute Gasteiger partial charge is 0.125 e. The van der Waals surface area contributed by atoms with Gasteiger partial charge in [-0.25, -0.2) is 4.98 Å². The van der Waals surface area contributed by atoms with Crippen molar-refractivity contribution in [3.63, 3.8) is 0 Å². The summed E-state index contributed by atoms with van der Waals surface area (Å²) in [7, 11) is 0. The lowest BCUT2D eigenvalue weighted by Crippen LogP contribution is -2.21. The highest BCUT2D eigenvalue weighted by atomic mass is 32.1. The van der Waals surface area contributed by atoms with Gasteiger partial charge in [-0.1, -0.05) is 26.0 Å². The largest absolute Gasteiger partial charge is 0.487 e. The van der Waals surface area contributed by atoms with E-state index >= 15 is 0 Å². The molecule has 2 aromatic rings. The van der Waals surface area contributed by atoms with Crippen molar-refractivity contribution < 1.29 is 4.74 Å². The molecular formula is C17H24N2OS. The van der Waals surface area contributed by atoms with E-state index in [-0.39, 0.29) is 0 Å². The summed E-state index contributed by atoms with van der Waals surface area (Å²) >= 11 is 1.69. The van der Waals surface area contributed by atoms with Crippen molar-refractivity contribution >= 4 is 11.3 Å². The Kier molecular flexibility index (Phi) is 5.37. The molecule has 4 heteroatoms. The molecule has 0 radical (unpaired) electrons. The zero-order chi connectivity index (χ0) is 15.4. The fourth-order valence-electron chi connectivity index (χ4n) is 2.31. The van der Waals surface area contributed by atoms with Gasteiger partial charge in [0.15, 0.2) is 0 Å². The summed E-state index contributed by atoms with van der Waals surface area (Å²) in [5.74, 6) is 0.995. The van der Waals surface area contributed by atoms with Crippen molar-refractivity contribution in [2.45, 2.75) is 53.8 Å². The summed E-state index contributed by atoms with van der Waals surface area (Å²) in [4.78, 5) is 5.42. The van der Waals surface area contributed by atoms with Crippen LogP contribution in [-0.4, -0.2) is 11.0 Å². The van der Waals surface area contributed by atoms with Crippen LogP contribution in [0.15, 0.2) is 18.3 Å². The van der Waals surface area contributed by atoms with Crippen LogP contribution < -0.4 is 10.1 Å². The lowest BCUT2D eigenvalue weighted by molar-refractivity contribution is 0.305. The third-order valence-electron chi connectivity index (χ3n) is 3.26. The summed E-state index contributed by atoms with van der Waals surface area (Å²) < 4.78 is 6.00. The topological polar surface area (TPSA) is 34.1 Å². The predicted octanol–water partition coefficient (Wildman–Crippen LogP) is 4.15. The third kappa shape index (κ3) is 4.55. The van der Waals surface area contributed by atoms with Gasteiger partial charge in [0.2, 0.25) is 0 Å². The minimum absolute atomic E-state index is 0.496. The van der Waals surface area contributed by atoms with Crippen LogP contribution in [0.1, 0.15) is 40.4 Å². The minimum Gasteiger partial charge on any atom is -0.487 e. The van der Waals surface area contributed by atoms with E-state index in [1.165, 1.54) is 16.7 Å². The molecule has 21 heavy (non-hydrogen) atoms. The summed E-state index contributed by atoms with van der Waals surface area (Å²) in [6.07, 6.45) is 1.89. The van der Waals surface area contributed by atoms with Gasteiger partial charge in [0.05, 0.1) is 9.88 Å². The van der Waals surface area contributed by atoms with Crippen LogP contribution in [0, 0.1) is 20.8 Å². The van der Waals surface area contributed by atoms with E-state index in [9.17, 15) is 0 Å². The van der Waals surface area contributed by atoms with Gasteiger partial charge in [-0.2, -0.15) is 0 Å². The number of aryl methyl sites for hydroxylation is 3. The summed E-state index contributed by atoms with van der Waals surface area (Å²) in [6, 6.07) is 4.90. The van der Waals surface area contributed by atoms with Crippen molar-refractivity contribution in [2.75, 3.05) is 0 Å². The Morgan fingerprint density at radius 2 is 1.86 bits per heavy atom.